The lowest BCUT2D eigenvalue weighted by atomic mass is 10.1. The number of rotatable bonds is 5. The minimum Gasteiger partial charge on any atom is -0.504 e. The Morgan fingerprint density at radius 3 is 2.78 bits per heavy atom. The van der Waals surface area contributed by atoms with Gasteiger partial charge in [0.2, 0.25) is 0 Å². The zero-order chi connectivity index (χ0) is 19.4. The predicted molar refractivity (Wildman–Crippen MR) is 104 cm³/mol. The van der Waals surface area contributed by atoms with Gasteiger partial charge in [-0.2, -0.15) is 10.2 Å². The molecular weight excluding hydrogens is 391 g/mol. The van der Waals surface area contributed by atoms with Crippen LogP contribution >= 0.6 is 23.2 Å². The van der Waals surface area contributed by atoms with Gasteiger partial charge in [0.1, 0.15) is 5.69 Å². The third kappa shape index (κ3) is 4.39. The normalized spacial score (nSPS) is 10.9. The van der Waals surface area contributed by atoms with Crippen LogP contribution in [0.5, 0.6) is 11.5 Å². The summed E-state index contributed by atoms with van der Waals surface area (Å²) >= 11 is 12.0. The number of H-pyrrole nitrogens is 1. The molecule has 3 aromatic rings. The number of ether oxygens (including phenoxy) is 1. The Hall–Kier alpha value is -3.03. The maximum Gasteiger partial charge on any atom is 0.289 e. The van der Waals surface area contributed by atoms with Crippen molar-refractivity contribution in [2.75, 3.05) is 7.11 Å². The largest absolute Gasteiger partial charge is 0.504 e. The number of nitrogens with zero attached hydrogens (tertiary/aromatic N) is 2. The van der Waals surface area contributed by atoms with Crippen LogP contribution in [-0.4, -0.2) is 34.5 Å². The van der Waals surface area contributed by atoms with E-state index in [9.17, 15) is 9.90 Å². The number of hydrazone groups is 1. The molecule has 1 aromatic heterocycles. The van der Waals surface area contributed by atoms with E-state index in [0.717, 1.165) is 0 Å². The van der Waals surface area contributed by atoms with E-state index in [1.54, 1.807) is 36.4 Å². The molecule has 7 nitrogen and oxygen atoms in total. The Kier molecular flexibility index (Phi) is 5.63. The van der Waals surface area contributed by atoms with Crippen molar-refractivity contribution < 1.29 is 14.6 Å². The van der Waals surface area contributed by atoms with Crippen LogP contribution in [0.25, 0.3) is 11.3 Å². The smallest absolute Gasteiger partial charge is 0.289 e. The molecule has 1 heterocycles. The first-order chi connectivity index (χ1) is 13.0. The molecule has 0 fully saturated rings. The highest BCUT2D eigenvalue weighted by Crippen LogP contribution is 2.29. The second-order valence-electron chi connectivity index (χ2n) is 5.42. The average molecular weight is 405 g/mol. The molecule has 0 saturated heterocycles. The fourth-order valence-corrected chi connectivity index (χ4v) is 2.79. The Morgan fingerprint density at radius 1 is 1.26 bits per heavy atom. The number of aromatic nitrogens is 2. The van der Waals surface area contributed by atoms with E-state index in [0.29, 0.717) is 32.6 Å². The molecule has 0 aliphatic rings. The number of phenolic OH excluding ortho intramolecular Hbond substituents is 1. The van der Waals surface area contributed by atoms with Crippen molar-refractivity contribution in [2.45, 2.75) is 0 Å². The van der Waals surface area contributed by atoms with Crippen molar-refractivity contribution in [3.63, 3.8) is 0 Å². The number of carbonyl (C=O) groups is 1. The number of aromatic hydroxyl groups is 1. The van der Waals surface area contributed by atoms with Gasteiger partial charge in [0.25, 0.3) is 5.91 Å². The maximum atomic E-state index is 12.2. The number of aromatic amines is 1. The SMILES string of the molecule is COc1ccc(/C=N/NC(=O)c2cc(-c3ccc(Cl)cc3Cl)n[nH]2)cc1O. The van der Waals surface area contributed by atoms with Gasteiger partial charge in [-0.05, 0) is 48.0 Å². The highest BCUT2D eigenvalue weighted by atomic mass is 35.5. The fourth-order valence-electron chi connectivity index (χ4n) is 2.29. The molecule has 0 saturated carbocycles. The zero-order valence-electron chi connectivity index (χ0n) is 14.0. The summed E-state index contributed by atoms with van der Waals surface area (Å²) in [7, 11) is 1.46. The molecule has 3 rings (SSSR count). The number of hydrogen-bond acceptors (Lipinski definition) is 5. The molecule has 9 heteroatoms. The van der Waals surface area contributed by atoms with E-state index in [-0.39, 0.29) is 11.4 Å². The van der Waals surface area contributed by atoms with E-state index >= 15 is 0 Å². The van der Waals surface area contributed by atoms with Crippen molar-refractivity contribution in [1.29, 1.82) is 0 Å². The minimum atomic E-state index is -0.479. The molecule has 0 bridgehead atoms. The van der Waals surface area contributed by atoms with Gasteiger partial charge < -0.3 is 9.84 Å². The molecule has 3 N–H and O–H groups in total. The van der Waals surface area contributed by atoms with Gasteiger partial charge in [-0.15, -0.1) is 0 Å². The van der Waals surface area contributed by atoms with Gasteiger partial charge in [-0.3, -0.25) is 9.89 Å². The van der Waals surface area contributed by atoms with E-state index < -0.39 is 5.91 Å². The van der Waals surface area contributed by atoms with Crippen molar-refractivity contribution in [3.05, 3.63) is 63.8 Å². The van der Waals surface area contributed by atoms with Gasteiger partial charge >= 0.3 is 0 Å². The first-order valence-electron chi connectivity index (χ1n) is 7.69. The quantitative estimate of drug-likeness (QED) is 0.443. The summed E-state index contributed by atoms with van der Waals surface area (Å²) < 4.78 is 4.96. The summed E-state index contributed by atoms with van der Waals surface area (Å²) in [5.74, 6) is -0.152. The van der Waals surface area contributed by atoms with Crippen molar-refractivity contribution in [1.82, 2.24) is 15.6 Å². The van der Waals surface area contributed by atoms with Gasteiger partial charge in [0.05, 0.1) is 24.0 Å². The molecular formula is C18H14Cl2N4O3. The number of nitrogens with one attached hydrogen (secondary N) is 2. The molecule has 0 aliphatic heterocycles. The lowest BCUT2D eigenvalue weighted by molar-refractivity contribution is 0.0950. The van der Waals surface area contributed by atoms with Crippen LogP contribution in [0.1, 0.15) is 16.1 Å². The summed E-state index contributed by atoms with van der Waals surface area (Å²) in [6.07, 6.45) is 1.39. The van der Waals surface area contributed by atoms with Gasteiger partial charge in [0, 0.05) is 10.6 Å². The topological polar surface area (TPSA) is 99.6 Å². The van der Waals surface area contributed by atoms with Crippen LogP contribution in [0, 0.1) is 0 Å². The summed E-state index contributed by atoms with van der Waals surface area (Å²) in [6.45, 7) is 0. The maximum absolute atomic E-state index is 12.2. The second kappa shape index (κ2) is 8.11. The molecule has 1 amide bonds. The monoisotopic (exact) mass is 404 g/mol. The van der Waals surface area contributed by atoms with E-state index in [2.05, 4.69) is 20.7 Å². The van der Waals surface area contributed by atoms with Crippen molar-refractivity contribution in [3.8, 4) is 22.8 Å². The summed E-state index contributed by atoms with van der Waals surface area (Å²) in [6, 6.07) is 11.3. The Morgan fingerprint density at radius 2 is 2.07 bits per heavy atom. The van der Waals surface area contributed by atoms with E-state index in [1.165, 1.54) is 19.4 Å². The molecule has 0 unspecified atom stereocenters. The van der Waals surface area contributed by atoms with Crippen LogP contribution in [0.3, 0.4) is 0 Å². The predicted octanol–water partition coefficient (Wildman–Crippen LogP) is 3.86. The number of carbonyl (C=O) groups excluding carboxylic acids is 1. The highest BCUT2D eigenvalue weighted by molar-refractivity contribution is 6.36. The highest BCUT2D eigenvalue weighted by Gasteiger charge is 2.12. The molecule has 0 atom stereocenters. The first-order valence-corrected chi connectivity index (χ1v) is 8.45. The number of benzene rings is 2. The summed E-state index contributed by atoms with van der Waals surface area (Å²) in [5.41, 5.74) is 4.33. The molecule has 27 heavy (non-hydrogen) atoms. The van der Waals surface area contributed by atoms with Crippen LogP contribution in [0.4, 0.5) is 0 Å². The second-order valence-corrected chi connectivity index (χ2v) is 6.27. The fraction of sp³-hybridized carbons (Fsp3) is 0.0556. The van der Waals surface area contributed by atoms with Crippen LogP contribution < -0.4 is 10.2 Å². The van der Waals surface area contributed by atoms with Crippen molar-refractivity contribution in [2.24, 2.45) is 5.10 Å². The number of phenols is 1. The molecule has 0 spiro atoms. The minimum absolute atomic E-state index is 0.0224. The molecule has 0 radical (unpaired) electrons. The number of hydrogen-bond donors (Lipinski definition) is 3. The Labute approximate surface area is 164 Å². The van der Waals surface area contributed by atoms with Gasteiger partial charge in [0.15, 0.2) is 11.5 Å². The van der Waals surface area contributed by atoms with Crippen LogP contribution in [0.2, 0.25) is 10.0 Å². The van der Waals surface area contributed by atoms with E-state index in [4.69, 9.17) is 27.9 Å². The lowest BCUT2D eigenvalue weighted by Crippen LogP contribution is -2.17. The number of halogens is 2. The molecule has 138 valence electrons. The third-order valence-corrected chi connectivity index (χ3v) is 4.16. The van der Waals surface area contributed by atoms with Crippen LogP contribution in [-0.2, 0) is 0 Å². The summed E-state index contributed by atoms with van der Waals surface area (Å²) in [4.78, 5) is 12.2. The van der Waals surface area contributed by atoms with E-state index in [1.807, 2.05) is 0 Å². The zero-order valence-corrected chi connectivity index (χ0v) is 15.5. The number of methoxy groups -OCH3 is 1. The molecule has 2 aromatic carbocycles. The number of amides is 1. The lowest BCUT2D eigenvalue weighted by Gasteiger charge is -2.03. The first kappa shape index (κ1) is 18.8. The average Bonchev–Trinajstić information content (AvgIpc) is 3.11. The van der Waals surface area contributed by atoms with Crippen LogP contribution in [0.15, 0.2) is 47.6 Å². The Balaban J connectivity index is 1.68. The molecule has 0 aliphatic carbocycles. The van der Waals surface area contributed by atoms with Gasteiger partial charge in [-0.1, -0.05) is 23.2 Å². The Bertz CT molecular complexity index is 1020. The third-order valence-electron chi connectivity index (χ3n) is 3.61. The standard InChI is InChI=1S/C18H14Cl2N4O3/c1-27-17-5-2-10(6-16(17)25)9-21-24-18(26)15-8-14(22-23-15)12-4-3-11(19)7-13(12)20/h2-9,25H,1H3,(H,22,23)(H,24,26)/b21-9+. The van der Waals surface area contributed by atoms with Crippen molar-refractivity contribution >= 4 is 35.3 Å². The van der Waals surface area contributed by atoms with Gasteiger partial charge in [-0.25, -0.2) is 5.43 Å². The summed E-state index contributed by atoms with van der Waals surface area (Å²) in [5, 5.41) is 21.2.